The van der Waals surface area contributed by atoms with Crippen LogP contribution in [-0.4, -0.2) is 27.0 Å². The number of carboxylic acid groups (broad SMARTS) is 1. The quantitative estimate of drug-likeness (QED) is 0.690. The lowest BCUT2D eigenvalue weighted by molar-refractivity contribution is -0.147. The van der Waals surface area contributed by atoms with Crippen LogP contribution in [0.1, 0.15) is 12.2 Å². The van der Waals surface area contributed by atoms with Crippen LogP contribution in [-0.2, 0) is 16.1 Å². The zero-order chi connectivity index (χ0) is 13.4. The second-order valence-corrected chi connectivity index (χ2v) is 5.09. The van der Waals surface area contributed by atoms with Gasteiger partial charge in [0.1, 0.15) is 5.82 Å². The van der Waals surface area contributed by atoms with E-state index in [0.717, 1.165) is 6.42 Å². The molecule has 0 aromatic carbocycles. The van der Waals surface area contributed by atoms with Crippen LogP contribution in [0.2, 0.25) is 0 Å². The molecule has 1 heterocycles. The van der Waals surface area contributed by atoms with Crippen molar-refractivity contribution in [1.82, 2.24) is 15.3 Å². The molecule has 6 nitrogen and oxygen atoms in total. The van der Waals surface area contributed by atoms with Crippen molar-refractivity contribution in [3.8, 4) is 0 Å². The maximum absolute atomic E-state index is 12.2. The second-order valence-electron chi connectivity index (χ2n) is 5.09. The van der Waals surface area contributed by atoms with Gasteiger partial charge in [-0.05, 0) is 18.3 Å². The molecule has 0 radical (unpaired) electrons. The Bertz CT molecular complexity index is 523. The molecule has 1 aromatic heterocycles. The lowest BCUT2D eigenvalue weighted by Gasteiger charge is -2.23. The Morgan fingerprint density at radius 1 is 1.37 bits per heavy atom. The Labute approximate surface area is 109 Å². The van der Waals surface area contributed by atoms with E-state index in [4.69, 9.17) is 0 Å². The first-order chi connectivity index (χ1) is 9.16. The van der Waals surface area contributed by atoms with Crippen molar-refractivity contribution in [1.29, 1.82) is 0 Å². The maximum atomic E-state index is 12.2. The van der Waals surface area contributed by atoms with Crippen LogP contribution in [0.4, 0.5) is 0 Å². The van der Waals surface area contributed by atoms with Crippen molar-refractivity contribution in [3.05, 3.63) is 30.4 Å². The van der Waals surface area contributed by atoms with E-state index in [-0.39, 0.29) is 17.7 Å². The number of aliphatic carboxylic acids is 1. The number of hydrogen-bond acceptors (Lipinski definition) is 3. The SMILES string of the molecule is O=C(O)C1C2C=CC(C2)C1C(=O)NCc1ncc[nH]1. The van der Waals surface area contributed by atoms with Gasteiger partial charge in [0.25, 0.3) is 0 Å². The highest BCUT2D eigenvalue weighted by atomic mass is 16.4. The lowest BCUT2D eigenvalue weighted by atomic mass is 9.82. The van der Waals surface area contributed by atoms with Crippen LogP contribution < -0.4 is 5.32 Å². The van der Waals surface area contributed by atoms with Gasteiger partial charge in [-0.1, -0.05) is 12.2 Å². The zero-order valence-electron chi connectivity index (χ0n) is 10.2. The van der Waals surface area contributed by atoms with Crippen molar-refractivity contribution in [2.75, 3.05) is 0 Å². The molecule has 1 fully saturated rings. The molecule has 0 spiro atoms. The fraction of sp³-hybridized carbons (Fsp3) is 0.462. The average Bonchev–Trinajstić information content (AvgIpc) is 3.10. The molecule has 1 aromatic rings. The molecule has 3 rings (SSSR count). The number of rotatable bonds is 4. The summed E-state index contributed by atoms with van der Waals surface area (Å²) in [6, 6.07) is 0. The minimum absolute atomic E-state index is 0.00172. The number of nitrogens with zero attached hydrogens (tertiary/aromatic N) is 1. The standard InChI is InChI=1S/C13H15N3O3/c17-12(16-6-9-14-3-4-15-9)10-7-1-2-8(5-7)11(10)13(18)19/h1-4,7-8,10-11H,5-6H2,(H,14,15)(H,16,17)(H,18,19). The van der Waals surface area contributed by atoms with Crippen molar-refractivity contribution in [2.45, 2.75) is 13.0 Å². The fourth-order valence-corrected chi connectivity index (χ4v) is 3.20. The molecule has 3 N–H and O–H groups in total. The van der Waals surface area contributed by atoms with E-state index < -0.39 is 17.8 Å². The summed E-state index contributed by atoms with van der Waals surface area (Å²) in [6.07, 6.45) is 7.97. The van der Waals surface area contributed by atoms with Gasteiger partial charge in [0, 0.05) is 12.4 Å². The van der Waals surface area contributed by atoms with E-state index in [2.05, 4.69) is 15.3 Å². The monoisotopic (exact) mass is 261 g/mol. The minimum atomic E-state index is -0.880. The number of H-pyrrole nitrogens is 1. The molecular weight excluding hydrogens is 246 g/mol. The minimum Gasteiger partial charge on any atom is -0.481 e. The summed E-state index contributed by atoms with van der Waals surface area (Å²) >= 11 is 0. The number of carbonyl (C=O) groups is 2. The molecule has 0 aliphatic heterocycles. The molecule has 2 aliphatic rings. The van der Waals surface area contributed by atoms with Crippen molar-refractivity contribution in [3.63, 3.8) is 0 Å². The summed E-state index contributed by atoms with van der Waals surface area (Å²) in [5.41, 5.74) is 0. The molecule has 100 valence electrons. The first-order valence-corrected chi connectivity index (χ1v) is 6.34. The Balaban J connectivity index is 1.68. The largest absolute Gasteiger partial charge is 0.481 e. The Hall–Kier alpha value is -2.11. The molecule has 1 saturated carbocycles. The number of amides is 1. The normalized spacial score (nSPS) is 31.6. The van der Waals surface area contributed by atoms with Crippen molar-refractivity contribution < 1.29 is 14.7 Å². The van der Waals surface area contributed by atoms with Crippen LogP contribution in [0, 0.1) is 23.7 Å². The third kappa shape index (κ3) is 2.03. The number of imidazole rings is 1. The highest BCUT2D eigenvalue weighted by Crippen LogP contribution is 2.48. The number of hydrogen-bond donors (Lipinski definition) is 3. The Morgan fingerprint density at radius 3 is 2.74 bits per heavy atom. The van der Waals surface area contributed by atoms with Gasteiger partial charge in [0.05, 0.1) is 18.4 Å². The molecule has 6 heteroatoms. The highest BCUT2D eigenvalue weighted by molar-refractivity contribution is 5.86. The van der Waals surface area contributed by atoms with E-state index in [9.17, 15) is 14.7 Å². The summed E-state index contributed by atoms with van der Waals surface area (Å²) in [6.45, 7) is 0.301. The van der Waals surface area contributed by atoms with Crippen LogP contribution in [0.25, 0.3) is 0 Å². The number of fused-ring (bicyclic) bond motifs is 2. The van der Waals surface area contributed by atoms with E-state index in [1.807, 2.05) is 12.2 Å². The summed E-state index contributed by atoms with van der Waals surface area (Å²) in [5.74, 6) is -1.40. The lowest BCUT2D eigenvalue weighted by Crippen LogP contribution is -2.40. The van der Waals surface area contributed by atoms with Gasteiger partial charge >= 0.3 is 5.97 Å². The van der Waals surface area contributed by atoms with Gasteiger partial charge in [0.15, 0.2) is 0 Å². The summed E-state index contributed by atoms with van der Waals surface area (Å²) < 4.78 is 0. The van der Waals surface area contributed by atoms with Crippen LogP contribution >= 0.6 is 0 Å². The van der Waals surface area contributed by atoms with Gasteiger partial charge in [-0.15, -0.1) is 0 Å². The van der Waals surface area contributed by atoms with Crippen LogP contribution in [0.15, 0.2) is 24.5 Å². The van der Waals surface area contributed by atoms with Gasteiger partial charge in [0.2, 0.25) is 5.91 Å². The predicted octanol–water partition coefficient (Wildman–Crippen LogP) is 0.549. The first kappa shape index (κ1) is 12.0. The number of carbonyl (C=O) groups excluding carboxylic acids is 1. The average molecular weight is 261 g/mol. The van der Waals surface area contributed by atoms with Crippen LogP contribution in [0.5, 0.6) is 0 Å². The van der Waals surface area contributed by atoms with E-state index in [0.29, 0.717) is 12.4 Å². The first-order valence-electron chi connectivity index (χ1n) is 6.34. The third-order valence-electron chi connectivity index (χ3n) is 4.03. The molecule has 19 heavy (non-hydrogen) atoms. The van der Waals surface area contributed by atoms with Gasteiger partial charge < -0.3 is 15.4 Å². The summed E-state index contributed by atoms with van der Waals surface area (Å²) in [4.78, 5) is 30.4. The van der Waals surface area contributed by atoms with E-state index in [1.54, 1.807) is 12.4 Å². The predicted molar refractivity (Wildman–Crippen MR) is 65.8 cm³/mol. The molecule has 4 unspecified atom stereocenters. The maximum Gasteiger partial charge on any atom is 0.307 e. The fourth-order valence-electron chi connectivity index (χ4n) is 3.20. The number of aromatic amines is 1. The van der Waals surface area contributed by atoms with Crippen molar-refractivity contribution in [2.24, 2.45) is 23.7 Å². The smallest absolute Gasteiger partial charge is 0.307 e. The second kappa shape index (κ2) is 4.53. The van der Waals surface area contributed by atoms with Crippen LogP contribution in [0.3, 0.4) is 0 Å². The number of aromatic nitrogens is 2. The van der Waals surface area contributed by atoms with Gasteiger partial charge in [-0.25, -0.2) is 4.98 Å². The van der Waals surface area contributed by atoms with Gasteiger partial charge in [-0.2, -0.15) is 0 Å². The molecular formula is C13H15N3O3. The molecule has 2 aliphatic carbocycles. The van der Waals surface area contributed by atoms with Crippen molar-refractivity contribution >= 4 is 11.9 Å². The topological polar surface area (TPSA) is 95.1 Å². The molecule has 2 bridgehead atoms. The van der Waals surface area contributed by atoms with E-state index >= 15 is 0 Å². The number of carboxylic acids is 1. The zero-order valence-corrected chi connectivity index (χ0v) is 10.2. The molecule has 4 atom stereocenters. The molecule has 1 amide bonds. The highest BCUT2D eigenvalue weighted by Gasteiger charge is 2.51. The Morgan fingerprint density at radius 2 is 2.11 bits per heavy atom. The molecule has 0 saturated heterocycles. The number of nitrogens with one attached hydrogen (secondary N) is 2. The summed E-state index contributed by atoms with van der Waals surface area (Å²) in [5, 5.41) is 12.0. The van der Waals surface area contributed by atoms with Gasteiger partial charge in [-0.3, -0.25) is 9.59 Å². The Kier molecular flexibility index (Phi) is 2.85. The number of allylic oxidation sites excluding steroid dienone is 2. The van der Waals surface area contributed by atoms with E-state index in [1.165, 1.54) is 0 Å². The third-order valence-corrected chi connectivity index (χ3v) is 4.03. The summed E-state index contributed by atoms with van der Waals surface area (Å²) in [7, 11) is 0.